The molecule has 1 aliphatic heterocycles. The normalized spacial score (nSPS) is 15.0. The largest absolute Gasteiger partial charge is 0.335 e. The highest BCUT2D eigenvalue weighted by Crippen LogP contribution is 2.15. The summed E-state index contributed by atoms with van der Waals surface area (Å²) in [6, 6.07) is 9.08. The number of benzene rings is 1. The molecule has 6 nitrogen and oxygen atoms in total. The summed E-state index contributed by atoms with van der Waals surface area (Å²) in [4.78, 5) is 33.3. The number of nitrogens with zero attached hydrogens (tertiary/aromatic N) is 3. The molecule has 0 aliphatic carbocycles. The molecule has 0 spiro atoms. The van der Waals surface area contributed by atoms with E-state index in [1.165, 1.54) is 6.20 Å². The first-order valence-electron chi connectivity index (χ1n) is 8.76. The van der Waals surface area contributed by atoms with Crippen LogP contribution in [0.4, 0.5) is 5.69 Å². The fourth-order valence-corrected chi connectivity index (χ4v) is 3.11. The molecular formula is C20H24N4O2. The van der Waals surface area contributed by atoms with Crippen LogP contribution in [0.1, 0.15) is 32.0 Å². The summed E-state index contributed by atoms with van der Waals surface area (Å²) in [6.45, 7) is 7.02. The first-order valence-corrected chi connectivity index (χ1v) is 8.76. The van der Waals surface area contributed by atoms with Gasteiger partial charge in [-0.3, -0.25) is 14.6 Å². The lowest BCUT2D eigenvalue weighted by molar-refractivity contribution is 0.0658. The number of aryl methyl sites for hydroxylation is 2. The maximum atomic E-state index is 12.6. The van der Waals surface area contributed by atoms with Gasteiger partial charge in [0, 0.05) is 43.6 Å². The van der Waals surface area contributed by atoms with Gasteiger partial charge in [0.25, 0.3) is 11.8 Å². The number of likely N-dealkylation sites (N-methyl/N-ethyl adjacent to an activating group) is 1. The standard InChI is InChI=1S/C20H24N4O2/c1-14-10-15(2)12-17(11-14)22-19(25)16-4-5-21-18(13-16)20(26)24-8-6-23(3)7-9-24/h4-5,10-13H,6-9H2,1-3H3,(H,22,25). The molecule has 2 aromatic rings. The van der Waals surface area contributed by atoms with Crippen LogP contribution in [-0.2, 0) is 0 Å². The molecule has 0 atom stereocenters. The number of carbonyl (C=O) groups is 2. The first kappa shape index (κ1) is 18.1. The quantitative estimate of drug-likeness (QED) is 0.921. The highest BCUT2D eigenvalue weighted by molar-refractivity contribution is 6.05. The van der Waals surface area contributed by atoms with E-state index in [1.807, 2.05) is 33.0 Å². The number of pyridine rings is 1. The van der Waals surface area contributed by atoms with Gasteiger partial charge in [0.05, 0.1) is 0 Å². The van der Waals surface area contributed by atoms with Gasteiger partial charge in [0.2, 0.25) is 0 Å². The molecule has 2 heterocycles. The van der Waals surface area contributed by atoms with Crippen LogP contribution in [0.2, 0.25) is 0 Å². The molecule has 6 heteroatoms. The van der Waals surface area contributed by atoms with Crippen LogP contribution in [0.25, 0.3) is 0 Å². The summed E-state index contributed by atoms with van der Waals surface area (Å²) in [7, 11) is 2.04. The number of piperazine rings is 1. The molecule has 1 fully saturated rings. The zero-order chi connectivity index (χ0) is 18.7. The van der Waals surface area contributed by atoms with Gasteiger partial charge in [-0.1, -0.05) is 6.07 Å². The zero-order valence-corrected chi connectivity index (χ0v) is 15.5. The van der Waals surface area contributed by atoms with E-state index in [4.69, 9.17) is 0 Å². The molecule has 0 bridgehead atoms. The van der Waals surface area contributed by atoms with Crippen LogP contribution in [-0.4, -0.2) is 59.8 Å². The second-order valence-electron chi connectivity index (χ2n) is 6.86. The third-order valence-electron chi connectivity index (χ3n) is 4.51. The summed E-state index contributed by atoms with van der Waals surface area (Å²) >= 11 is 0. The molecular weight excluding hydrogens is 328 g/mol. The van der Waals surface area contributed by atoms with Crippen LogP contribution < -0.4 is 5.32 Å². The zero-order valence-electron chi connectivity index (χ0n) is 15.5. The van der Waals surface area contributed by atoms with E-state index < -0.39 is 0 Å². The molecule has 0 radical (unpaired) electrons. The Hall–Kier alpha value is -2.73. The van der Waals surface area contributed by atoms with Crippen LogP contribution in [0.3, 0.4) is 0 Å². The molecule has 3 rings (SSSR count). The maximum absolute atomic E-state index is 12.6. The Bertz CT molecular complexity index is 806. The van der Waals surface area contributed by atoms with Gasteiger partial charge in [-0.2, -0.15) is 0 Å². The lowest BCUT2D eigenvalue weighted by Gasteiger charge is -2.32. The molecule has 1 aromatic heterocycles. The van der Waals surface area contributed by atoms with E-state index in [0.29, 0.717) is 24.3 Å². The minimum absolute atomic E-state index is 0.126. The van der Waals surface area contributed by atoms with Gasteiger partial charge in [-0.25, -0.2) is 0 Å². The van der Waals surface area contributed by atoms with Crippen molar-refractivity contribution < 1.29 is 9.59 Å². The van der Waals surface area contributed by atoms with Crippen molar-refractivity contribution in [3.63, 3.8) is 0 Å². The average Bonchev–Trinajstić information content (AvgIpc) is 2.61. The predicted octanol–water partition coefficient (Wildman–Crippen LogP) is 2.34. The lowest BCUT2D eigenvalue weighted by Crippen LogP contribution is -2.47. The SMILES string of the molecule is Cc1cc(C)cc(NC(=O)c2ccnc(C(=O)N3CCN(C)CC3)c2)c1. The number of hydrogen-bond acceptors (Lipinski definition) is 4. The van der Waals surface area contributed by atoms with E-state index >= 15 is 0 Å². The van der Waals surface area contributed by atoms with Crippen molar-refractivity contribution in [2.24, 2.45) is 0 Å². The van der Waals surface area contributed by atoms with Gasteiger partial charge >= 0.3 is 0 Å². The smallest absolute Gasteiger partial charge is 0.272 e. The fraction of sp³-hybridized carbons (Fsp3) is 0.350. The van der Waals surface area contributed by atoms with Crippen molar-refractivity contribution in [2.75, 3.05) is 38.5 Å². The van der Waals surface area contributed by atoms with Crippen molar-refractivity contribution in [3.05, 3.63) is 58.9 Å². The van der Waals surface area contributed by atoms with Crippen molar-refractivity contribution >= 4 is 17.5 Å². The third-order valence-corrected chi connectivity index (χ3v) is 4.51. The van der Waals surface area contributed by atoms with Crippen molar-refractivity contribution in [1.29, 1.82) is 0 Å². The number of aromatic nitrogens is 1. The average molecular weight is 352 g/mol. The Morgan fingerprint density at radius 1 is 1.00 bits per heavy atom. The third kappa shape index (κ3) is 4.26. The van der Waals surface area contributed by atoms with Crippen molar-refractivity contribution in [2.45, 2.75) is 13.8 Å². The highest BCUT2D eigenvalue weighted by atomic mass is 16.2. The van der Waals surface area contributed by atoms with E-state index in [2.05, 4.69) is 21.3 Å². The van der Waals surface area contributed by atoms with Crippen LogP contribution in [0.5, 0.6) is 0 Å². The van der Waals surface area contributed by atoms with Crippen LogP contribution in [0, 0.1) is 13.8 Å². The Morgan fingerprint density at radius 2 is 1.65 bits per heavy atom. The number of amides is 2. The number of carbonyl (C=O) groups excluding carboxylic acids is 2. The van der Waals surface area contributed by atoms with Gasteiger partial charge in [-0.15, -0.1) is 0 Å². The molecule has 1 saturated heterocycles. The fourth-order valence-electron chi connectivity index (χ4n) is 3.11. The number of nitrogens with one attached hydrogen (secondary N) is 1. The molecule has 1 aromatic carbocycles. The number of anilines is 1. The molecule has 136 valence electrons. The summed E-state index contributed by atoms with van der Waals surface area (Å²) in [5, 5.41) is 2.89. The highest BCUT2D eigenvalue weighted by Gasteiger charge is 2.22. The van der Waals surface area contributed by atoms with E-state index in [0.717, 1.165) is 29.9 Å². The van der Waals surface area contributed by atoms with Gasteiger partial charge < -0.3 is 15.1 Å². The topological polar surface area (TPSA) is 65.5 Å². The van der Waals surface area contributed by atoms with Gasteiger partial charge in [0.15, 0.2) is 0 Å². The summed E-state index contributed by atoms with van der Waals surface area (Å²) in [5.74, 6) is -0.371. The van der Waals surface area contributed by atoms with E-state index in [-0.39, 0.29) is 11.8 Å². The second-order valence-corrected chi connectivity index (χ2v) is 6.86. The number of rotatable bonds is 3. The predicted molar refractivity (Wildman–Crippen MR) is 102 cm³/mol. The Kier molecular flexibility index (Phi) is 5.32. The van der Waals surface area contributed by atoms with Crippen LogP contribution in [0.15, 0.2) is 36.5 Å². The summed E-state index contributed by atoms with van der Waals surface area (Å²) in [6.07, 6.45) is 1.51. The molecule has 0 saturated carbocycles. The second kappa shape index (κ2) is 7.66. The molecule has 26 heavy (non-hydrogen) atoms. The van der Waals surface area contributed by atoms with E-state index in [9.17, 15) is 9.59 Å². The Morgan fingerprint density at radius 3 is 2.31 bits per heavy atom. The summed E-state index contributed by atoms with van der Waals surface area (Å²) < 4.78 is 0. The first-order chi connectivity index (χ1) is 12.4. The molecule has 0 unspecified atom stereocenters. The Labute approximate surface area is 153 Å². The van der Waals surface area contributed by atoms with Crippen molar-refractivity contribution in [1.82, 2.24) is 14.8 Å². The lowest BCUT2D eigenvalue weighted by atomic mass is 10.1. The molecule has 1 aliphatic rings. The molecule has 1 N–H and O–H groups in total. The summed E-state index contributed by atoms with van der Waals surface area (Å²) in [5.41, 5.74) is 3.65. The Balaban J connectivity index is 1.74. The molecule has 2 amide bonds. The van der Waals surface area contributed by atoms with Crippen molar-refractivity contribution in [3.8, 4) is 0 Å². The maximum Gasteiger partial charge on any atom is 0.272 e. The monoisotopic (exact) mass is 352 g/mol. The minimum Gasteiger partial charge on any atom is -0.335 e. The van der Waals surface area contributed by atoms with Crippen LogP contribution >= 0.6 is 0 Å². The number of hydrogen-bond donors (Lipinski definition) is 1. The van der Waals surface area contributed by atoms with E-state index in [1.54, 1.807) is 17.0 Å². The minimum atomic E-state index is -0.246. The van der Waals surface area contributed by atoms with Gasteiger partial charge in [-0.05, 0) is 56.3 Å². The van der Waals surface area contributed by atoms with Gasteiger partial charge in [0.1, 0.15) is 5.69 Å².